The van der Waals surface area contributed by atoms with E-state index in [4.69, 9.17) is 9.47 Å². The van der Waals surface area contributed by atoms with Crippen molar-refractivity contribution in [2.75, 3.05) is 0 Å². The second-order valence-corrected chi connectivity index (χ2v) is 5.52. The van der Waals surface area contributed by atoms with Crippen LogP contribution in [0.3, 0.4) is 0 Å². The monoisotopic (exact) mass is 351 g/mol. The molecule has 2 aromatic carbocycles. The molecule has 5 nitrogen and oxygen atoms in total. The highest BCUT2D eigenvalue weighted by Crippen LogP contribution is 2.34. The van der Waals surface area contributed by atoms with Gasteiger partial charge in [-0.2, -0.15) is 0 Å². The average molecular weight is 352 g/mol. The molecule has 0 aliphatic heterocycles. The fourth-order valence-electron chi connectivity index (χ4n) is 1.70. The summed E-state index contributed by atoms with van der Waals surface area (Å²) in [6.07, 6.45) is -0.161. The quantitative estimate of drug-likeness (QED) is 0.565. The van der Waals surface area contributed by atoms with E-state index in [-0.39, 0.29) is 17.5 Å². The van der Waals surface area contributed by atoms with Crippen LogP contribution in [0.5, 0.6) is 17.2 Å². The minimum absolute atomic E-state index is 0.0770. The van der Waals surface area contributed by atoms with Crippen LogP contribution < -0.4 is 9.47 Å². The first kappa shape index (κ1) is 15.3. The Balaban J connectivity index is 2.28. The molecular formula is C15H14BrNO4. The van der Waals surface area contributed by atoms with Crippen LogP contribution in [0.4, 0.5) is 5.69 Å². The molecule has 2 aromatic rings. The highest BCUT2D eigenvalue weighted by molar-refractivity contribution is 9.10. The third-order valence-electron chi connectivity index (χ3n) is 2.54. The van der Waals surface area contributed by atoms with Crippen LogP contribution in [0.2, 0.25) is 0 Å². The Bertz CT molecular complexity index is 641. The molecule has 0 bridgehead atoms. The highest BCUT2D eigenvalue weighted by Gasteiger charge is 2.17. The molecule has 0 amide bonds. The molecule has 6 heteroatoms. The Morgan fingerprint density at radius 2 is 1.71 bits per heavy atom. The molecule has 0 aliphatic carbocycles. The molecule has 0 atom stereocenters. The molecular weight excluding hydrogens is 338 g/mol. The van der Waals surface area contributed by atoms with Gasteiger partial charge in [0.05, 0.1) is 11.0 Å². The maximum absolute atomic E-state index is 11.0. The summed E-state index contributed by atoms with van der Waals surface area (Å²) in [7, 11) is 0. The summed E-state index contributed by atoms with van der Waals surface area (Å²) >= 11 is 3.34. The predicted molar refractivity (Wildman–Crippen MR) is 83.1 cm³/mol. The van der Waals surface area contributed by atoms with Crippen molar-refractivity contribution in [3.8, 4) is 17.2 Å². The molecule has 0 N–H and O–H groups in total. The Hall–Kier alpha value is -2.08. The summed E-state index contributed by atoms with van der Waals surface area (Å²) in [6, 6.07) is 11.8. The molecule has 0 spiro atoms. The second kappa shape index (κ2) is 6.58. The lowest BCUT2D eigenvalue weighted by atomic mass is 10.2. The van der Waals surface area contributed by atoms with E-state index >= 15 is 0 Å². The van der Waals surface area contributed by atoms with Crippen molar-refractivity contribution < 1.29 is 14.4 Å². The molecule has 0 saturated heterocycles. The van der Waals surface area contributed by atoms with Crippen LogP contribution in [-0.2, 0) is 0 Å². The predicted octanol–water partition coefficient (Wildman–Crippen LogP) is 4.94. The van der Waals surface area contributed by atoms with E-state index < -0.39 is 4.92 Å². The number of rotatable bonds is 5. The molecule has 0 aliphatic rings. The minimum atomic E-state index is -0.471. The summed E-state index contributed by atoms with van der Waals surface area (Å²) < 4.78 is 12.1. The van der Waals surface area contributed by atoms with Gasteiger partial charge >= 0.3 is 5.69 Å². The number of nitro benzene ring substituents is 1. The van der Waals surface area contributed by atoms with Gasteiger partial charge in [-0.25, -0.2) is 0 Å². The van der Waals surface area contributed by atoms with Gasteiger partial charge in [-0.3, -0.25) is 10.1 Å². The lowest BCUT2D eigenvalue weighted by molar-refractivity contribution is -0.386. The summed E-state index contributed by atoms with van der Waals surface area (Å²) in [5, 5.41) is 11.0. The molecule has 0 radical (unpaired) electrons. The number of nitrogens with zero attached hydrogens (tertiary/aromatic N) is 1. The summed E-state index contributed by atoms with van der Waals surface area (Å²) in [5.74, 6) is 1.32. The van der Waals surface area contributed by atoms with Crippen molar-refractivity contribution in [2.45, 2.75) is 20.0 Å². The lowest BCUT2D eigenvalue weighted by Gasteiger charge is -2.12. The van der Waals surface area contributed by atoms with Crippen molar-refractivity contribution in [1.29, 1.82) is 0 Å². The largest absolute Gasteiger partial charge is 0.484 e. The van der Waals surface area contributed by atoms with E-state index in [1.807, 2.05) is 26.0 Å². The number of hydrogen-bond acceptors (Lipinski definition) is 4. The molecule has 21 heavy (non-hydrogen) atoms. The fraction of sp³-hybridized carbons (Fsp3) is 0.200. The number of nitro groups is 1. The molecule has 0 heterocycles. The van der Waals surface area contributed by atoms with E-state index in [0.29, 0.717) is 11.5 Å². The Morgan fingerprint density at radius 3 is 2.29 bits per heavy atom. The third kappa shape index (κ3) is 4.19. The number of hydrogen-bond donors (Lipinski definition) is 0. The van der Waals surface area contributed by atoms with Gasteiger partial charge in [0, 0.05) is 16.6 Å². The first-order chi connectivity index (χ1) is 9.95. The number of benzene rings is 2. The van der Waals surface area contributed by atoms with Crippen LogP contribution in [0.25, 0.3) is 0 Å². The van der Waals surface area contributed by atoms with Crippen LogP contribution >= 0.6 is 15.9 Å². The van der Waals surface area contributed by atoms with Crippen molar-refractivity contribution in [1.82, 2.24) is 0 Å². The Morgan fingerprint density at radius 1 is 1.10 bits per heavy atom. The normalized spacial score (nSPS) is 10.5. The minimum Gasteiger partial charge on any atom is -0.484 e. The maximum atomic E-state index is 11.0. The van der Waals surface area contributed by atoms with Gasteiger partial charge in [-0.1, -0.05) is 15.9 Å². The summed E-state index contributed by atoms with van der Waals surface area (Å²) in [6.45, 7) is 3.62. The van der Waals surface area contributed by atoms with Crippen molar-refractivity contribution in [3.63, 3.8) is 0 Å². The number of halogens is 1. The smallest absolute Gasteiger partial charge is 0.311 e. The maximum Gasteiger partial charge on any atom is 0.311 e. The molecule has 0 fully saturated rings. The zero-order valence-electron chi connectivity index (χ0n) is 11.6. The molecule has 0 saturated carbocycles. The fourth-order valence-corrected chi connectivity index (χ4v) is 1.96. The Kier molecular flexibility index (Phi) is 4.80. The zero-order valence-corrected chi connectivity index (χ0v) is 13.2. The van der Waals surface area contributed by atoms with Crippen LogP contribution in [-0.4, -0.2) is 11.0 Å². The topological polar surface area (TPSA) is 61.6 Å². The number of ether oxygens (including phenoxy) is 2. The van der Waals surface area contributed by atoms with E-state index in [1.165, 1.54) is 12.1 Å². The van der Waals surface area contributed by atoms with Crippen LogP contribution in [0, 0.1) is 10.1 Å². The van der Waals surface area contributed by atoms with Crippen molar-refractivity contribution in [2.24, 2.45) is 0 Å². The van der Waals surface area contributed by atoms with Crippen LogP contribution in [0.1, 0.15) is 13.8 Å². The van der Waals surface area contributed by atoms with Gasteiger partial charge in [0.15, 0.2) is 0 Å². The standard InChI is InChI=1S/C15H14BrNO4/c1-10(2)20-15-9-13(7-8-14(15)17(18)19)21-12-5-3-11(16)4-6-12/h3-10H,1-2H3. The molecule has 0 unspecified atom stereocenters. The lowest BCUT2D eigenvalue weighted by Crippen LogP contribution is -2.07. The summed E-state index contributed by atoms with van der Waals surface area (Å²) in [5.41, 5.74) is -0.0770. The molecule has 110 valence electrons. The van der Waals surface area contributed by atoms with Crippen LogP contribution in [0.15, 0.2) is 46.9 Å². The van der Waals surface area contributed by atoms with Gasteiger partial charge in [-0.05, 0) is 44.2 Å². The summed E-state index contributed by atoms with van der Waals surface area (Å²) in [4.78, 5) is 10.5. The van der Waals surface area contributed by atoms with Gasteiger partial charge in [0.2, 0.25) is 5.75 Å². The first-order valence-electron chi connectivity index (χ1n) is 6.34. The van der Waals surface area contributed by atoms with Gasteiger partial charge in [-0.15, -0.1) is 0 Å². The third-order valence-corrected chi connectivity index (χ3v) is 3.07. The van der Waals surface area contributed by atoms with E-state index in [9.17, 15) is 10.1 Å². The van der Waals surface area contributed by atoms with E-state index in [1.54, 1.807) is 18.2 Å². The van der Waals surface area contributed by atoms with Crippen molar-refractivity contribution in [3.05, 3.63) is 57.1 Å². The van der Waals surface area contributed by atoms with E-state index in [2.05, 4.69) is 15.9 Å². The average Bonchev–Trinajstić information content (AvgIpc) is 2.40. The first-order valence-corrected chi connectivity index (χ1v) is 7.13. The Labute approximate surface area is 130 Å². The molecule has 0 aromatic heterocycles. The van der Waals surface area contributed by atoms with Gasteiger partial charge in [0.25, 0.3) is 0 Å². The SMILES string of the molecule is CC(C)Oc1cc(Oc2ccc(Br)cc2)ccc1[N+](=O)[O-]. The highest BCUT2D eigenvalue weighted by atomic mass is 79.9. The molecule has 2 rings (SSSR count). The van der Waals surface area contributed by atoms with E-state index in [0.717, 1.165) is 4.47 Å². The second-order valence-electron chi connectivity index (χ2n) is 4.61. The van der Waals surface area contributed by atoms with Crippen molar-refractivity contribution >= 4 is 21.6 Å². The van der Waals surface area contributed by atoms with Gasteiger partial charge < -0.3 is 9.47 Å². The van der Waals surface area contributed by atoms with Gasteiger partial charge in [0.1, 0.15) is 11.5 Å². The zero-order chi connectivity index (χ0) is 15.4.